The number of hydrogen-bond donors (Lipinski definition) is 1. The fourth-order valence-corrected chi connectivity index (χ4v) is 4.48. The highest BCUT2D eigenvalue weighted by molar-refractivity contribution is 7.99. The number of amides is 1. The zero-order valence-corrected chi connectivity index (χ0v) is 17.1. The highest BCUT2D eigenvalue weighted by Crippen LogP contribution is 2.26. The Morgan fingerprint density at radius 3 is 2.76 bits per heavy atom. The predicted molar refractivity (Wildman–Crippen MR) is 115 cm³/mol. The van der Waals surface area contributed by atoms with E-state index >= 15 is 0 Å². The molecule has 7 heteroatoms. The number of benzene rings is 2. The third-order valence-electron chi connectivity index (χ3n) is 4.95. The van der Waals surface area contributed by atoms with Crippen molar-refractivity contribution in [3.8, 4) is 0 Å². The van der Waals surface area contributed by atoms with E-state index in [-0.39, 0.29) is 29.0 Å². The first-order valence-corrected chi connectivity index (χ1v) is 10.5. The number of ketones is 1. The third kappa shape index (κ3) is 3.82. The maximum atomic E-state index is 12.9. The Morgan fingerprint density at radius 1 is 1.17 bits per heavy atom. The van der Waals surface area contributed by atoms with Crippen LogP contribution in [0.1, 0.15) is 42.2 Å². The summed E-state index contributed by atoms with van der Waals surface area (Å²) in [5.74, 6) is 0.149. The van der Waals surface area contributed by atoms with Gasteiger partial charge in [-0.1, -0.05) is 23.9 Å². The summed E-state index contributed by atoms with van der Waals surface area (Å²) in [7, 11) is 0. The normalized spacial score (nSPS) is 13.4. The molecule has 1 aliphatic rings. The molecule has 29 heavy (non-hydrogen) atoms. The largest absolute Gasteiger partial charge is 0.326 e. The van der Waals surface area contributed by atoms with Crippen LogP contribution in [0.25, 0.3) is 10.9 Å². The van der Waals surface area contributed by atoms with E-state index in [1.54, 1.807) is 22.8 Å². The van der Waals surface area contributed by atoms with Crippen molar-refractivity contribution < 1.29 is 9.59 Å². The van der Waals surface area contributed by atoms with Crippen LogP contribution in [0.2, 0.25) is 0 Å². The second kappa shape index (κ2) is 7.83. The first-order valence-electron chi connectivity index (χ1n) is 9.54. The molecule has 1 amide bonds. The Bertz CT molecular complexity index is 1180. The Balaban J connectivity index is 1.60. The lowest BCUT2D eigenvalue weighted by atomic mass is 9.99. The van der Waals surface area contributed by atoms with Crippen molar-refractivity contribution in [3.63, 3.8) is 0 Å². The summed E-state index contributed by atoms with van der Waals surface area (Å²) in [6.45, 7) is 3.86. The Hall–Kier alpha value is -2.93. The number of nitrogens with one attached hydrogen (secondary N) is 1. The standard InChI is InChI=1S/C22H21N3O3S/c1-13(2)25-21(28)16-5-3-4-6-18(16)24-22(25)29-12-19(26)15-7-9-17-14(11-15)8-10-20(27)23-17/h3-7,9,11,13H,8,10,12H2,1-2H3,(H,23,27). The summed E-state index contributed by atoms with van der Waals surface area (Å²) in [6, 6.07) is 12.6. The van der Waals surface area contributed by atoms with Crippen LogP contribution < -0.4 is 10.9 Å². The number of hydrogen-bond acceptors (Lipinski definition) is 5. The summed E-state index contributed by atoms with van der Waals surface area (Å²) in [5.41, 5.74) is 2.89. The van der Waals surface area contributed by atoms with Crippen LogP contribution in [0.15, 0.2) is 52.4 Å². The quantitative estimate of drug-likeness (QED) is 0.395. The van der Waals surface area contributed by atoms with Crippen LogP contribution in [0.5, 0.6) is 0 Å². The highest BCUT2D eigenvalue weighted by Gasteiger charge is 2.18. The zero-order chi connectivity index (χ0) is 20.5. The third-order valence-corrected chi connectivity index (χ3v) is 5.90. The molecule has 6 nitrogen and oxygen atoms in total. The molecule has 1 N–H and O–H groups in total. The first kappa shape index (κ1) is 19.4. The molecule has 3 aromatic rings. The topological polar surface area (TPSA) is 81.1 Å². The van der Waals surface area contributed by atoms with E-state index in [1.165, 1.54) is 11.8 Å². The van der Waals surface area contributed by atoms with Gasteiger partial charge in [-0.05, 0) is 56.2 Å². The van der Waals surface area contributed by atoms with Gasteiger partial charge in [0.1, 0.15) is 0 Å². The van der Waals surface area contributed by atoms with Gasteiger partial charge in [0.15, 0.2) is 10.9 Å². The molecular weight excluding hydrogens is 386 g/mol. The number of carbonyl (C=O) groups is 2. The Kier molecular flexibility index (Phi) is 5.24. The lowest BCUT2D eigenvalue weighted by molar-refractivity contribution is -0.116. The fourth-order valence-electron chi connectivity index (χ4n) is 3.45. The van der Waals surface area contributed by atoms with E-state index in [2.05, 4.69) is 10.3 Å². The van der Waals surface area contributed by atoms with Crippen molar-refractivity contribution in [3.05, 3.63) is 63.9 Å². The van der Waals surface area contributed by atoms with Crippen LogP contribution in [-0.4, -0.2) is 27.0 Å². The summed E-state index contributed by atoms with van der Waals surface area (Å²) in [5, 5.41) is 3.94. The molecule has 4 rings (SSSR count). The highest BCUT2D eigenvalue weighted by atomic mass is 32.2. The van der Waals surface area contributed by atoms with E-state index in [1.807, 2.05) is 38.1 Å². The molecule has 0 atom stereocenters. The minimum atomic E-state index is -0.0925. The van der Waals surface area contributed by atoms with Crippen LogP contribution in [0.3, 0.4) is 0 Å². The van der Waals surface area contributed by atoms with Crippen molar-refractivity contribution in [2.45, 2.75) is 37.9 Å². The van der Waals surface area contributed by atoms with E-state index in [9.17, 15) is 14.4 Å². The minimum Gasteiger partial charge on any atom is -0.326 e. The number of carbonyl (C=O) groups excluding carboxylic acids is 2. The predicted octanol–water partition coefficient (Wildman–Crippen LogP) is 3.84. The van der Waals surface area contributed by atoms with E-state index in [0.717, 1.165) is 11.3 Å². The van der Waals surface area contributed by atoms with Gasteiger partial charge in [-0.2, -0.15) is 0 Å². The molecular formula is C22H21N3O3S. The number of rotatable bonds is 5. The number of anilines is 1. The molecule has 1 aliphatic heterocycles. The number of fused-ring (bicyclic) bond motifs is 2. The smallest absolute Gasteiger partial charge is 0.262 e. The number of Topliss-reactive ketones (excluding diaryl/α,β-unsaturated/α-hetero) is 1. The maximum Gasteiger partial charge on any atom is 0.262 e. The van der Waals surface area contributed by atoms with Gasteiger partial charge in [-0.15, -0.1) is 0 Å². The monoisotopic (exact) mass is 407 g/mol. The van der Waals surface area contributed by atoms with Crippen molar-refractivity contribution in [1.29, 1.82) is 0 Å². The van der Waals surface area contributed by atoms with E-state index < -0.39 is 0 Å². The molecule has 0 spiro atoms. The number of aromatic nitrogens is 2. The summed E-state index contributed by atoms with van der Waals surface area (Å²) >= 11 is 1.28. The van der Waals surface area contributed by atoms with Crippen LogP contribution in [-0.2, 0) is 11.2 Å². The van der Waals surface area contributed by atoms with Gasteiger partial charge in [0.2, 0.25) is 5.91 Å². The minimum absolute atomic E-state index is 0.00108. The SMILES string of the molecule is CC(C)n1c(SCC(=O)c2ccc3c(c2)CCC(=O)N3)nc2ccccc2c1=O. The second-order valence-corrected chi connectivity index (χ2v) is 8.25. The molecule has 0 saturated carbocycles. The number of thioether (sulfide) groups is 1. The van der Waals surface area contributed by atoms with Crippen molar-refractivity contribution >= 4 is 40.0 Å². The fraction of sp³-hybridized carbons (Fsp3) is 0.273. The maximum absolute atomic E-state index is 12.9. The van der Waals surface area contributed by atoms with E-state index in [4.69, 9.17) is 0 Å². The van der Waals surface area contributed by atoms with E-state index in [0.29, 0.717) is 34.5 Å². The molecule has 0 unspecified atom stereocenters. The summed E-state index contributed by atoms with van der Waals surface area (Å²) in [6.07, 6.45) is 1.07. The van der Waals surface area contributed by atoms with Crippen LogP contribution in [0, 0.1) is 0 Å². The Morgan fingerprint density at radius 2 is 1.97 bits per heavy atom. The molecule has 1 aromatic heterocycles. The molecule has 148 valence electrons. The Labute approximate surface area is 172 Å². The second-order valence-electron chi connectivity index (χ2n) is 7.31. The van der Waals surface area contributed by atoms with Crippen molar-refractivity contribution in [2.24, 2.45) is 0 Å². The number of para-hydroxylation sites is 1. The van der Waals surface area contributed by atoms with Gasteiger partial charge in [0, 0.05) is 23.7 Å². The molecule has 2 heterocycles. The lowest BCUT2D eigenvalue weighted by Crippen LogP contribution is -2.25. The van der Waals surface area contributed by atoms with Gasteiger partial charge in [-0.25, -0.2) is 4.98 Å². The summed E-state index contributed by atoms with van der Waals surface area (Å²) < 4.78 is 1.64. The number of aryl methyl sites for hydroxylation is 1. The average Bonchev–Trinajstić information content (AvgIpc) is 2.71. The van der Waals surface area contributed by atoms with Gasteiger partial charge in [-0.3, -0.25) is 19.0 Å². The first-order chi connectivity index (χ1) is 13.9. The van der Waals surface area contributed by atoms with Gasteiger partial charge < -0.3 is 5.32 Å². The lowest BCUT2D eigenvalue weighted by Gasteiger charge is -2.17. The molecule has 2 aromatic carbocycles. The average molecular weight is 407 g/mol. The van der Waals surface area contributed by atoms with Crippen LogP contribution >= 0.6 is 11.8 Å². The van der Waals surface area contributed by atoms with Gasteiger partial charge in [0.05, 0.1) is 16.7 Å². The van der Waals surface area contributed by atoms with Gasteiger partial charge in [0.25, 0.3) is 5.56 Å². The van der Waals surface area contributed by atoms with Crippen molar-refractivity contribution in [2.75, 3.05) is 11.1 Å². The molecule has 0 saturated heterocycles. The summed E-state index contributed by atoms with van der Waals surface area (Å²) in [4.78, 5) is 41.8. The van der Waals surface area contributed by atoms with Crippen molar-refractivity contribution in [1.82, 2.24) is 9.55 Å². The zero-order valence-electron chi connectivity index (χ0n) is 16.3. The van der Waals surface area contributed by atoms with Gasteiger partial charge >= 0.3 is 0 Å². The molecule has 0 bridgehead atoms. The molecule has 0 radical (unpaired) electrons. The van der Waals surface area contributed by atoms with Crippen LogP contribution in [0.4, 0.5) is 5.69 Å². The number of nitrogens with zero attached hydrogens (tertiary/aromatic N) is 2. The molecule has 0 fully saturated rings. The molecule has 0 aliphatic carbocycles.